The summed E-state index contributed by atoms with van der Waals surface area (Å²) in [6, 6.07) is 9.29. The molecule has 8 heteroatoms. The molecule has 3 rings (SSSR count). The van der Waals surface area contributed by atoms with Gasteiger partial charge in [0, 0.05) is 30.4 Å². The third-order valence-electron chi connectivity index (χ3n) is 4.05. The van der Waals surface area contributed by atoms with Crippen LogP contribution in [-0.4, -0.2) is 33.3 Å². The number of hydrogen-bond acceptors (Lipinski definition) is 6. The van der Waals surface area contributed by atoms with Gasteiger partial charge in [0.25, 0.3) is 11.8 Å². The van der Waals surface area contributed by atoms with E-state index in [4.69, 9.17) is 4.42 Å². The standard InChI is InChI=1S/C21H21N5O3/c1-3-16-11-24-17(12-23-16)19(27)22-10-9-14(2)26-20(28)18-13-25-21(29-18)15-7-5-4-6-8-15/h4-8,11-13H,2-3,9-10H2,1H3,(H,22,27)(H,26,28). The van der Waals surface area contributed by atoms with Gasteiger partial charge in [0.15, 0.2) is 0 Å². The van der Waals surface area contributed by atoms with E-state index in [0.717, 1.165) is 17.7 Å². The first-order valence-corrected chi connectivity index (χ1v) is 9.16. The first-order chi connectivity index (χ1) is 14.1. The number of carbonyl (C=O) groups excluding carboxylic acids is 2. The van der Waals surface area contributed by atoms with E-state index in [0.29, 0.717) is 24.6 Å². The summed E-state index contributed by atoms with van der Waals surface area (Å²) in [5, 5.41) is 5.36. The first-order valence-electron chi connectivity index (χ1n) is 9.16. The van der Waals surface area contributed by atoms with Crippen LogP contribution in [0.25, 0.3) is 11.5 Å². The smallest absolute Gasteiger partial charge is 0.292 e. The molecule has 2 aromatic heterocycles. The number of nitrogens with zero attached hydrogens (tertiary/aromatic N) is 3. The number of benzene rings is 1. The van der Waals surface area contributed by atoms with Crippen molar-refractivity contribution in [3.63, 3.8) is 0 Å². The summed E-state index contributed by atoms with van der Waals surface area (Å²) in [7, 11) is 0. The molecule has 1 aromatic carbocycles. The molecule has 148 valence electrons. The van der Waals surface area contributed by atoms with E-state index in [1.54, 1.807) is 6.20 Å². The fourth-order valence-electron chi connectivity index (χ4n) is 2.45. The van der Waals surface area contributed by atoms with Crippen LogP contribution in [0.1, 0.15) is 40.1 Å². The van der Waals surface area contributed by atoms with Crippen LogP contribution in [0.5, 0.6) is 0 Å². The predicted octanol–water partition coefficient (Wildman–Crippen LogP) is 2.76. The minimum absolute atomic E-state index is 0.0836. The van der Waals surface area contributed by atoms with Crippen LogP contribution >= 0.6 is 0 Å². The van der Waals surface area contributed by atoms with E-state index in [-0.39, 0.29) is 17.4 Å². The number of hydrogen-bond donors (Lipinski definition) is 2. The summed E-state index contributed by atoms with van der Waals surface area (Å²) in [4.78, 5) is 36.7. The summed E-state index contributed by atoms with van der Waals surface area (Å²) in [6.07, 6.45) is 5.50. The zero-order valence-electron chi connectivity index (χ0n) is 16.0. The van der Waals surface area contributed by atoms with Crippen LogP contribution in [0.4, 0.5) is 0 Å². The number of aryl methyl sites for hydroxylation is 1. The zero-order chi connectivity index (χ0) is 20.6. The number of oxazole rings is 1. The summed E-state index contributed by atoms with van der Waals surface area (Å²) in [5.41, 5.74) is 2.29. The Morgan fingerprint density at radius 3 is 2.52 bits per heavy atom. The highest BCUT2D eigenvalue weighted by atomic mass is 16.4. The average molecular weight is 391 g/mol. The Morgan fingerprint density at radius 2 is 1.83 bits per heavy atom. The van der Waals surface area contributed by atoms with Crippen molar-refractivity contribution in [1.82, 2.24) is 25.6 Å². The molecule has 2 heterocycles. The minimum Gasteiger partial charge on any atom is -0.431 e. The molecule has 29 heavy (non-hydrogen) atoms. The van der Waals surface area contributed by atoms with Crippen molar-refractivity contribution < 1.29 is 14.0 Å². The maximum atomic E-state index is 12.3. The van der Waals surface area contributed by atoms with Crippen molar-refractivity contribution in [2.24, 2.45) is 0 Å². The molecule has 0 radical (unpaired) electrons. The molecule has 0 aliphatic heterocycles. The molecule has 3 aromatic rings. The number of rotatable bonds is 8. The highest BCUT2D eigenvalue weighted by Gasteiger charge is 2.14. The summed E-state index contributed by atoms with van der Waals surface area (Å²) in [5.74, 6) is -0.330. The van der Waals surface area contributed by atoms with Gasteiger partial charge in [0.05, 0.1) is 18.1 Å². The molecule has 0 aliphatic carbocycles. The monoisotopic (exact) mass is 391 g/mol. The lowest BCUT2D eigenvalue weighted by Gasteiger charge is -2.08. The second-order valence-electron chi connectivity index (χ2n) is 6.21. The van der Waals surface area contributed by atoms with Crippen molar-refractivity contribution in [2.45, 2.75) is 19.8 Å². The van der Waals surface area contributed by atoms with E-state index in [1.807, 2.05) is 37.3 Å². The molecule has 0 unspecified atom stereocenters. The lowest BCUT2D eigenvalue weighted by molar-refractivity contribution is 0.0938. The van der Waals surface area contributed by atoms with Crippen LogP contribution in [0.15, 0.2) is 65.6 Å². The van der Waals surface area contributed by atoms with Crippen molar-refractivity contribution in [1.29, 1.82) is 0 Å². The molecule has 0 spiro atoms. The number of amides is 2. The molecule has 0 fully saturated rings. The summed E-state index contributed by atoms with van der Waals surface area (Å²) >= 11 is 0. The van der Waals surface area contributed by atoms with Crippen LogP contribution < -0.4 is 10.6 Å². The van der Waals surface area contributed by atoms with Gasteiger partial charge in [-0.15, -0.1) is 0 Å². The van der Waals surface area contributed by atoms with E-state index in [2.05, 4.69) is 32.2 Å². The first kappa shape index (κ1) is 19.9. The average Bonchev–Trinajstić information content (AvgIpc) is 3.25. The van der Waals surface area contributed by atoms with Gasteiger partial charge < -0.3 is 15.1 Å². The fraction of sp³-hybridized carbons (Fsp3) is 0.190. The Hall–Kier alpha value is -3.81. The SMILES string of the molecule is C=C(CCNC(=O)c1cnc(CC)cn1)NC(=O)c1cnc(-c2ccccc2)o1. The minimum atomic E-state index is -0.447. The third-order valence-corrected chi connectivity index (χ3v) is 4.05. The zero-order valence-corrected chi connectivity index (χ0v) is 16.0. The van der Waals surface area contributed by atoms with Gasteiger partial charge >= 0.3 is 0 Å². The Balaban J connectivity index is 1.46. The van der Waals surface area contributed by atoms with Crippen LogP contribution in [0, 0.1) is 0 Å². The maximum absolute atomic E-state index is 12.3. The van der Waals surface area contributed by atoms with Gasteiger partial charge in [-0.25, -0.2) is 9.97 Å². The largest absolute Gasteiger partial charge is 0.431 e. The van der Waals surface area contributed by atoms with Gasteiger partial charge in [-0.2, -0.15) is 0 Å². The number of aromatic nitrogens is 3. The topological polar surface area (TPSA) is 110 Å². The molecule has 2 amide bonds. The Kier molecular flexibility index (Phi) is 6.47. The van der Waals surface area contributed by atoms with E-state index in [9.17, 15) is 9.59 Å². The van der Waals surface area contributed by atoms with E-state index in [1.165, 1.54) is 12.4 Å². The molecule has 0 saturated heterocycles. The Morgan fingerprint density at radius 1 is 1.03 bits per heavy atom. The lowest BCUT2D eigenvalue weighted by atomic mass is 10.2. The lowest BCUT2D eigenvalue weighted by Crippen LogP contribution is -2.28. The number of nitrogens with one attached hydrogen (secondary N) is 2. The molecule has 0 saturated carbocycles. The second kappa shape index (κ2) is 9.41. The van der Waals surface area contributed by atoms with Crippen molar-refractivity contribution in [2.75, 3.05) is 6.54 Å². The van der Waals surface area contributed by atoms with Gasteiger partial charge in [-0.05, 0) is 18.6 Å². The highest BCUT2D eigenvalue weighted by Crippen LogP contribution is 2.18. The molecular formula is C21H21N5O3. The summed E-state index contributed by atoms with van der Waals surface area (Å²) in [6.45, 7) is 6.06. The fourth-order valence-corrected chi connectivity index (χ4v) is 2.45. The van der Waals surface area contributed by atoms with Crippen LogP contribution in [-0.2, 0) is 6.42 Å². The Labute approximate surface area is 168 Å². The third kappa shape index (κ3) is 5.35. The maximum Gasteiger partial charge on any atom is 0.292 e. The van der Waals surface area contributed by atoms with Crippen molar-refractivity contribution in [3.05, 3.63) is 78.3 Å². The normalized spacial score (nSPS) is 10.4. The molecular weight excluding hydrogens is 370 g/mol. The molecule has 8 nitrogen and oxygen atoms in total. The molecule has 0 atom stereocenters. The Bertz CT molecular complexity index is 997. The van der Waals surface area contributed by atoms with Gasteiger partial charge in [0.1, 0.15) is 5.69 Å². The molecule has 0 aliphatic rings. The van der Waals surface area contributed by atoms with Crippen molar-refractivity contribution >= 4 is 11.8 Å². The van der Waals surface area contributed by atoms with E-state index < -0.39 is 5.91 Å². The highest BCUT2D eigenvalue weighted by molar-refractivity contribution is 5.93. The number of carbonyl (C=O) groups is 2. The van der Waals surface area contributed by atoms with Gasteiger partial charge in [0.2, 0.25) is 11.7 Å². The van der Waals surface area contributed by atoms with Gasteiger partial charge in [-0.1, -0.05) is 31.7 Å². The van der Waals surface area contributed by atoms with Crippen LogP contribution in [0.3, 0.4) is 0 Å². The van der Waals surface area contributed by atoms with Crippen molar-refractivity contribution in [3.8, 4) is 11.5 Å². The summed E-state index contributed by atoms with van der Waals surface area (Å²) < 4.78 is 5.50. The molecule has 0 bridgehead atoms. The predicted molar refractivity (Wildman–Crippen MR) is 107 cm³/mol. The molecule has 2 N–H and O–H groups in total. The van der Waals surface area contributed by atoms with Gasteiger partial charge in [-0.3, -0.25) is 14.6 Å². The van der Waals surface area contributed by atoms with Crippen LogP contribution in [0.2, 0.25) is 0 Å². The quantitative estimate of drug-likeness (QED) is 0.611. The van der Waals surface area contributed by atoms with E-state index >= 15 is 0 Å². The second-order valence-corrected chi connectivity index (χ2v) is 6.21.